The zero-order valence-electron chi connectivity index (χ0n) is 9.92. The minimum atomic E-state index is -0.190. The predicted octanol–water partition coefficient (Wildman–Crippen LogP) is 0.439. The van der Waals surface area contributed by atoms with Crippen LogP contribution in [0.2, 0.25) is 0 Å². The van der Waals surface area contributed by atoms with Crippen LogP contribution in [-0.4, -0.2) is 46.0 Å². The number of carbonyl (C=O) groups is 1. The highest BCUT2D eigenvalue weighted by molar-refractivity contribution is 7.18. The van der Waals surface area contributed by atoms with Gasteiger partial charge in [0.2, 0.25) is 9.97 Å². The Labute approximate surface area is 107 Å². The van der Waals surface area contributed by atoms with Crippen LogP contribution in [0.1, 0.15) is 34.4 Å². The largest absolute Gasteiger partial charge is 0.383 e. The van der Waals surface area contributed by atoms with Crippen LogP contribution in [0.15, 0.2) is 0 Å². The molecule has 2 heterocycles. The smallest absolute Gasteiger partial charge is 0.282 e. The molecular formula is C10H13N5O2S. The van der Waals surface area contributed by atoms with Crippen LogP contribution in [-0.2, 0) is 4.74 Å². The molecule has 3 rings (SSSR count). The molecule has 1 aliphatic rings. The zero-order chi connectivity index (χ0) is 12.5. The number of hydrogen-bond donors (Lipinski definition) is 1. The van der Waals surface area contributed by atoms with Crippen molar-refractivity contribution in [1.82, 2.24) is 25.1 Å². The van der Waals surface area contributed by atoms with E-state index >= 15 is 0 Å². The van der Waals surface area contributed by atoms with E-state index in [9.17, 15) is 4.79 Å². The SMILES string of the molecule is COCCNC(=O)c1nn2c(C3CC3)nnc2s1. The summed E-state index contributed by atoms with van der Waals surface area (Å²) in [5.41, 5.74) is 0. The number of nitrogens with one attached hydrogen (secondary N) is 1. The van der Waals surface area contributed by atoms with Crippen molar-refractivity contribution in [3.63, 3.8) is 0 Å². The van der Waals surface area contributed by atoms with Gasteiger partial charge in [-0.2, -0.15) is 4.52 Å². The summed E-state index contributed by atoms with van der Waals surface area (Å²) in [6.45, 7) is 0.966. The maximum atomic E-state index is 11.8. The molecule has 0 spiro atoms. The van der Waals surface area contributed by atoms with Crippen molar-refractivity contribution in [3.8, 4) is 0 Å². The Hall–Kier alpha value is -1.54. The van der Waals surface area contributed by atoms with Crippen molar-refractivity contribution in [1.29, 1.82) is 0 Å². The molecule has 7 nitrogen and oxygen atoms in total. The Kier molecular flexibility index (Phi) is 2.96. The molecule has 1 N–H and O–H groups in total. The highest BCUT2D eigenvalue weighted by Gasteiger charge is 2.30. The van der Waals surface area contributed by atoms with Crippen LogP contribution < -0.4 is 5.32 Å². The third-order valence-corrected chi connectivity index (χ3v) is 3.64. The summed E-state index contributed by atoms with van der Waals surface area (Å²) in [7, 11) is 1.59. The van der Waals surface area contributed by atoms with Crippen molar-refractivity contribution in [2.75, 3.05) is 20.3 Å². The van der Waals surface area contributed by atoms with E-state index < -0.39 is 0 Å². The molecule has 18 heavy (non-hydrogen) atoms. The number of hydrogen-bond acceptors (Lipinski definition) is 6. The van der Waals surface area contributed by atoms with Gasteiger partial charge in [-0.15, -0.1) is 15.3 Å². The Balaban J connectivity index is 1.78. The maximum Gasteiger partial charge on any atom is 0.282 e. The average Bonchev–Trinajstić information content (AvgIpc) is 2.99. The number of fused-ring (bicyclic) bond motifs is 1. The van der Waals surface area contributed by atoms with E-state index in [0.717, 1.165) is 18.7 Å². The fourth-order valence-electron chi connectivity index (χ4n) is 1.66. The fourth-order valence-corrected chi connectivity index (χ4v) is 2.42. The number of rotatable bonds is 5. The number of amides is 1. The molecule has 1 amide bonds. The maximum absolute atomic E-state index is 11.8. The summed E-state index contributed by atoms with van der Waals surface area (Å²) in [5, 5.41) is 15.6. The molecule has 0 aliphatic heterocycles. The van der Waals surface area contributed by atoms with Crippen molar-refractivity contribution in [2.45, 2.75) is 18.8 Å². The van der Waals surface area contributed by atoms with Crippen molar-refractivity contribution < 1.29 is 9.53 Å². The highest BCUT2D eigenvalue weighted by Crippen LogP contribution is 2.39. The molecular weight excluding hydrogens is 254 g/mol. The normalized spacial score (nSPS) is 15.2. The number of carbonyl (C=O) groups excluding carboxylic acids is 1. The number of methoxy groups -OCH3 is 1. The molecule has 0 bridgehead atoms. The molecule has 8 heteroatoms. The second kappa shape index (κ2) is 4.62. The number of ether oxygens (including phenoxy) is 1. The van der Waals surface area contributed by atoms with Crippen LogP contribution >= 0.6 is 11.3 Å². The van der Waals surface area contributed by atoms with Gasteiger partial charge >= 0.3 is 0 Å². The van der Waals surface area contributed by atoms with Gasteiger partial charge < -0.3 is 10.1 Å². The first-order valence-corrected chi connectivity index (χ1v) is 6.60. The van der Waals surface area contributed by atoms with Crippen LogP contribution in [0.4, 0.5) is 0 Å². The molecule has 1 fully saturated rings. The van der Waals surface area contributed by atoms with Crippen molar-refractivity contribution in [2.24, 2.45) is 0 Å². The topological polar surface area (TPSA) is 81.4 Å². The molecule has 2 aromatic heterocycles. The molecule has 1 aliphatic carbocycles. The zero-order valence-corrected chi connectivity index (χ0v) is 10.7. The summed E-state index contributed by atoms with van der Waals surface area (Å²) in [6, 6.07) is 0. The summed E-state index contributed by atoms with van der Waals surface area (Å²) in [5.74, 6) is 1.15. The monoisotopic (exact) mass is 267 g/mol. The number of nitrogens with zero attached hydrogens (tertiary/aromatic N) is 4. The molecule has 0 atom stereocenters. The molecule has 0 aromatic carbocycles. The molecule has 0 unspecified atom stereocenters. The quantitative estimate of drug-likeness (QED) is 0.795. The second-order valence-corrected chi connectivity index (χ2v) is 5.14. The van der Waals surface area contributed by atoms with Gasteiger partial charge in [0.05, 0.1) is 6.61 Å². The molecule has 2 aromatic rings. The first-order valence-electron chi connectivity index (χ1n) is 5.79. The molecule has 96 valence electrons. The van der Waals surface area contributed by atoms with Crippen LogP contribution in [0, 0.1) is 0 Å². The minimum absolute atomic E-state index is 0.190. The summed E-state index contributed by atoms with van der Waals surface area (Å²) >= 11 is 1.25. The molecule has 1 saturated carbocycles. The lowest BCUT2D eigenvalue weighted by atomic mass is 10.4. The fraction of sp³-hybridized carbons (Fsp3) is 0.600. The Morgan fingerprint density at radius 3 is 3.11 bits per heavy atom. The van der Waals surface area contributed by atoms with E-state index in [2.05, 4.69) is 20.6 Å². The predicted molar refractivity (Wildman–Crippen MR) is 64.8 cm³/mol. The van der Waals surface area contributed by atoms with Gasteiger partial charge in [0.25, 0.3) is 5.91 Å². The Morgan fingerprint density at radius 2 is 2.39 bits per heavy atom. The Bertz CT molecular complexity index is 574. The van der Waals surface area contributed by atoms with E-state index in [1.54, 1.807) is 11.6 Å². The van der Waals surface area contributed by atoms with Crippen LogP contribution in [0.5, 0.6) is 0 Å². The summed E-state index contributed by atoms with van der Waals surface area (Å²) in [4.78, 5) is 12.5. The highest BCUT2D eigenvalue weighted by atomic mass is 32.1. The van der Waals surface area contributed by atoms with E-state index in [-0.39, 0.29) is 5.91 Å². The summed E-state index contributed by atoms with van der Waals surface area (Å²) in [6.07, 6.45) is 2.27. The van der Waals surface area contributed by atoms with Gasteiger partial charge in [0, 0.05) is 19.6 Å². The molecule has 0 radical (unpaired) electrons. The number of aromatic nitrogens is 4. The van der Waals surface area contributed by atoms with E-state index in [4.69, 9.17) is 4.74 Å². The van der Waals surface area contributed by atoms with E-state index in [0.29, 0.717) is 29.0 Å². The molecule has 0 saturated heterocycles. The van der Waals surface area contributed by atoms with Gasteiger partial charge in [-0.05, 0) is 12.8 Å². The lowest BCUT2D eigenvalue weighted by molar-refractivity contribution is 0.0935. The third-order valence-electron chi connectivity index (χ3n) is 2.74. The van der Waals surface area contributed by atoms with Crippen molar-refractivity contribution in [3.05, 3.63) is 10.8 Å². The van der Waals surface area contributed by atoms with Crippen LogP contribution in [0.3, 0.4) is 0 Å². The third kappa shape index (κ3) is 2.08. The lowest BCUT2D eigenvalue weighted by Crippen LogP contribution is -2.27. The first-order chi connectivity index (χ1) is 8.79. The standard InChI is InChI=1S/C10H13N5O2S/c1-17-5-4-11-8(16)9-14-15-7(6-2-3-6)12-13-10(15)18-9/h6H,2-5H2,1H3,(H,11,16). The van der Waals surface area contributed by atoms with Gasteiger partial charge in [-0.1, -0.05) is 11.3 Å². The van der Waals surface area contributed by atoms with E-state index in [1.807, 2.05) is 0 Å². The van der Waals surface area contributed by atoms with Gasteiger partial charge in [0.15, 0.2) is 5.82 Å². The van der Waals surface area contributed by atoms with E-state index in [1.165, 1.54) is 11.3 Å². The summed E-state index contributed by atoms with van der Waals surface area (Å²) < 4.78 is 6.56. The van der Waals surface area contributed by atoms with Crippen LogP contribution in [0.25, 0.3) is 4.96 Å². The first kappa shape index (κ1) is 11.5. The average molecular weight is 267 g/mol. The van der Waals surface area contributed by atoms with Crippen molar-refractivity contribution >= 4 is 22.2 Å². The lowest BCUT2D eigenvalue weighted by Gasteiger charge is -2.00. The Morgan fingerprint density at radius 1 is 1.56 bits per heavy atom. The minimum Gasteiger partial charge on any atom is -0.383 e. The second-order valence-electron chi connectivity index (χ2n) is 4.18. The van der Waals surface area contributed by atoms with Gasteiger partial charge in [-0.25, -0.2) is 0 Å². The van der Waals surface area contributed by atoms with Gasteiger partial charge in [-0.3, -0.25) is 4.79 Å². The van der Waals surface area contributed by atoms with Gasteiger partial charge in [0.1, 0.15) is 0 Å².